The molecule has 1 unspecified atom stereocenters. The highest BCUT2D eigenvalue weighted by molar-refractivity contribution is 7.09. The minimum Gasteiger partial charge on any atom is -0.491 e. The number of hydrogen-bond donors (Lipinski definition) is 2. The zero-order valence-electron chi connectivity index (χ0n) is 13.8. The molecule has 0 bridgehead atoms. The average molecular weight is 333 g/mol. The molecule has 1 aromatic heterocycles. The van der Waals surface area contributed by atoms with E-state index in [0.717, 1.165) is 21.9 Å². The van der Waals surface area contributed by atoms with Crippen molar-refractivity contribution in [2.45, 2.75) is 33.2 Å². The molecule has 1 heterocycles. The fraction of sp³-hybridized carbons (Fsp3) is 0.412. The molecule has 124 valence electrons. The predicted octanol–water partition coefficient (Wildman–Crippen LogP) is 2.46. The van der Waals surface area contributed by atoms with Gasteiger partial charge in [0.15, 0.2) is 0 Å². The summed E-state index contributed by atoms with van der Waals surface area (Å²) >= 11 is 1.46. The third kappa shape index (κ3) is 4.77. The summed E-state index contributed by atoms with van der Waals surface area (Å²) in [6.07, 6.45) is 0.698. The van der Waals surface area contributed by atoms with E-state index in [9.17, 15) is 4.79 Å². The van der Waals surface area contributed by atoms with Gasteiger partial charge in [0.25, 0.3) is 5.91 Å². The second-order valence-electron chi connectivity index (χ2n) is 5.57. The number of aromatic nitrogens is 1. The fourth-order valence-corrected chi connectivity index (χ4v) is 3.02. The van der Waals surface area contributed by atoms with Crippen LogP contribution >= 0.6 is 11.3 Å². The van der Waals surface area contributed by atoms with Crippen LogP contribution in [0, 0.1) is 13.8 Å². The molecular formula is C17H23N3O2S. The van der Waals surface area contributed by atoms with E-state index >= 15 is 0 Å². The molecule has 0 aliphatic rings. The van der Waals surface area contributed by atoms with E-state index in [-0.39, 0.29) is 11.9 Å². The number of carbonyl (C=O) groups is 1. The number of ether oxygens (including phenoxy) is 1. The highest BCUT2D eigenvalue weighted by atomic mass is 32.1. The Morgan fingerprint density at radius 2 is 2.09 bits per heavy atom. The van der Waals surface area contributed by atoms with Crippen LogP contribution in [0.5, 0.6) is 5.75 Å². The number of hydrogen-bond acceptors (Lipinski definition) is 5. The van der Waals surface area contributed by atoms with Crippen LogP contribution in [0.1, 0.15) is 33.5 Å². The Bertz CT molecular complexity index is 649. The molecule has 0 saturated carbocycles. The van der Waals surface area contributed by atoms with Gasteiger partial charge in [-0.05, 0) is 38.4 Å². The normalized spacial score (nSPS) is 12.0. The molecule has 0 fully saturated rings. The van der Waals surface area contributed by atoms with Crippen LogP contribution in [0.2, 0.25) is 0 Å². The molecular weight excluding hydrogens is 310 g/mol. The van der Waals surface area contributed by atoms with Crippen LogP contribution < -0.4 is 15.8 Å². The van der Waals surface area contributed by atoms with E-state index < -0.39 is 0 Å². The Morgan fingerprint density at radius 1 is 1.39 bits per heavy atom. The van der Waals surface area contributed by atoms with Crippen LogP contribution in [0.3, 0.4) is 0 Å². The Labute approximate surface area is 140 Å². The lowest BCUT2D eigenvalue weighted by Crippen LogP contribution is -2.37. The Hall–Kier alpha value is -1.92. The molecule has 0 saturated heterocycles. The lowest BCUT2D eigenvalue weighted by molar-refractivity contribution is 0.0922. The van der Waals surface area contributed by atoms with Crippen LogP contribution in [0.25, 0.3) is 0 Å². The number of nitrogens with zero attached hydrogens (tertiary/aromatic N) is 1. The lowest BCUT2D eigenvalue weighted by Gasteiger charge is -2.17. The second-order valence-corrected chi connectivity index (χ2v) is 6.51. The number of nitrogens with one attached hydrogen (secondary N) is 1. The number of benzene rings is 1. The Morgan fingerprint density at radius 3 is 2.74 bits per heavy atom. The highest BCUT2D eigenvalue weighted by Gasteiger charge is 2.14. The van der Waals surface area contributed by atoms with Gasteiger partial charge in [-0.25, -0.2) is 4.98 Å². The molecule has 5 nitrogen and oxygen atoms in total. The van der Waals surface area contributed by atoms with Crippen LogP contribution in [0.4, 0.5) is 0 Å². The van der Waals surface area contributed by atoms with E-state index in [0.29, 0.717) is 25.3 Å². The van der Waals surface area contributed by atoms with Crippen molar-refractivity contribution in [2.75, 3.05) is 13.2 Å². The number of nitrogens with two attached hydrogens (primary N) is 1. The summed E-state index contributed by atoms with van der Waals surface area (Å²) < 4.78 is 5.86. The Balaban J connectivity index is 1.88. The van der Waals surface area contributed by atoms with Crippen molar-refractivity contribution in [1.29, 1.82) is 0 Å². The topological polar surface area (TPSA) is 77.2 Å². The molecule has 1 aromatic carbocycles. The smallest absolute Gasteiger partial charge is 0.271 e. The number of carbonyl (C=O) groups excluding carboxylic acids is 1. The molecule has 23 heavy (non-hydrogen) atoms. The van der Waals surface area contributed by atoms with Gasteiger partial charge in [-0.1, -0.05) is 18.2 Å². The maximum Gasteiger partial charge on any atom is 0.271 e. The van der Waals surface area contributed by atoms with Crippen molar-refractivity contribution < 1.29 is 9.53 Å². The predicted molar refractivity (Wildman–Crippen MR) is 93.2 cm³/mol. The molecule has 0 spiro atoms. The molecule has 0 aliphatic carbocycles. The zero-order chi connectivity index (χ0) is 16.8. The third-order valence-corrected chi connectivity index (χ3v) is 4.32. The van der Waals surface area contributed by atoms with Gasteiger partial charge in [0.1, 0.15) is 18.1 Å². The first kappa shape index (κ1) is 17.4. The summed E-state index contributed by atoms with van der Waals surface area (Å²) in [4.78, 5) is 16.4. The van der Waals surface area contributed by atoms with Gasteiger partial charge in [0, 0.05) is 11.8 Å². The monoisotopic (exact) mass is 333 g/mol. The van der Waals surface area contributed by atoms with Gasteiger partial charge in [-0.2, -0.15) is 0 Å². The summed E-state index contributed by atoms with van der Waals surface area (Å²) in [6.45, 7) is 6.89. The second kappa shape index (κ2) is 8.08. The van der Waals surface area contributed by atoms with Crippen molar-refractivity contribution in [2.24, 2.45) is 5.73 Å². The molecule has 0 radical (unpaired) electrons. The summed E-state index contributed by atoms with van der Waals surface area (Å²) in [5.41, 5.74) is 8.12. The summed E-state index contributed by atoms with van der Waals surface area (Å²) in [5, 5.41) is 5.56. The van der Waals surface area contributed by atoms with Gasteiger partial charge < -0.3 is 15.8 Å². The summed E-state index contributed by atoms with van der Waals surface area (Å²) in [7, 11) is 0. The van der Waals surface area contributed by atoms with E-state index in [1.807, 2.05) is 39.0 Å². The van der Waals surface area contributed by atoms with E-state index in [1.54, 1.807) is 5.38 Å². The van der Waals surface area contributed by atoms with Gasteiger partial charge in [0.05, 0.1) is 11.0 Å². The number of aryl methyl sites for hydroxylation is 2. The highest BCUT2D eigenvalue weighted by Crippen LogP contribution is 2.22. The van der Waals surface area contributed by atoms with Gasteiger partial charge in [-0.3, -0.25) is 4.79 Å². The van der Waals surface area contributed by atoms with Gasteiger partial charge >= 0.3 is 0 Å². The molecule has 2 aromatic rings. The minimum atomic E-state index is -0.179. The molecule has 2 rings (SSSR count). The molecule has 1 amide bonds. The Kier molecular flexibility index (Phi) is 6.12. The van der Waals surface area contributed by atoms with Crippen molar-refractivity contribution >= 4 is 17.2 Å². The fourth-order valence-electron chi connectivity index (χ4n) is 2.23. The van der Waals surface area contributed by atoms with Gasteiger partial charge in [-0.15, -0.1) is 11.3 Å². The summed E-state index contributed by atoms with van der Waals surface area (Å²) in [5.74, 6) is 0.703. The van der Waals surface area contributed by atoms with Crippen LogP contribution in [-0.2, 0) is 6.42 Å². The summed E-state index contributed by atoms with van der Waals surface area (Å²) in [6, 6.07) is 5.92. The minimum absolute atomic E-state index is 0.110. The van der Waals surface area contributed by atoms with Crippen molar-refractivity contribution in [3.05, 3.63) is 45.4 Å². The van der Waals surface area contributed by atoms with Crippen LogP contribution in [0.15, 0.2) is 23.6 Å². The van der Waals surface area contributed by atoms with Crippen molar-refractivity contribution in [1.82, 2.24) is 10.3 Å². The SMILES string of the molecule is Cc1cccc(C)c1OCC(C)NC(=O)c1csc(CCN)n1. The number of thiazole rings is 1. The lowest BCUT2D eigenvalue weighted by atomic mass is 10.1. The first-order valence-corrected chi connectivity index (χ1v) is 8.53. The zero-order valence-corrected chi connectivity index (χ0v) is 14.6. The maximum atomic E-state index is 12.2. The van der Waals surface area contributed by atoms with E-state index in [1.165, 1.54) is 11.3 Å². The van der Waals surface area contributed by atoms with Crippen molar-refractivity contribution in [3.63, 3.8) is 0 Å². The maximum absolute atomic E-state index is 12.2. The molecule has 3 N–H and O–H groups in total. The van der Waals surface area contributed by atoms with Crippen molar-refractivity contribution in [3.8, 4) is 5.75 Å². The van der Waals surface area contributed by atoms with Gasteiger partial charge in [0.2, 0.25) is 0 Å². The number of rotatable bonds is 7. The van der Waals surface area contributed by atoms with E-state index in [4.69, 9.17) is 10.5 Å². The number of para-hydroxylation sites is 1. The number of amides is 1. The quantitative estimate of drug-likeness (QED) is 0.816. The molecule has 6 heteroatoms. The standard InChI is InChI=1S/C17H23N3O2S/c1-11-5-4-6-12(2)16(11)22-9-13(3)19-17(21)14-10-23-15(20-14)7-8-18/h4-6,10,13H,7-9,18H2,1-3H3,(H,19,21). The average Bonchev–Trinajstić information content (AvgIpc) is 2.96. The largest absolute Gasteiger partial charge is 0.491 e. The first-order chi connectivity index (χ1) is 11.0. The molecule has 0 aliphatic heterocycles. The third-order valence-electron chi connectivity index (χ3n) is 3.41. The van der Waals surface area contributed by atoms with E-state index in [2.05, 4.69) is 10.3 Å². The first-order valence-electron chi connectivity index (χ1n) is 7.65. The molecule has 1 atom stereocenters. The van der Waals surface area contributed by atoms with Crippen LogP contribution in [-0.4, -0.2) is 30.1 Å².